The second-order valence-corrected chi connectivity index (χ2v) is 6.88. The predicted molar refractivity (Wildman–Crippen MR) is 93.7 cm³/mol. The molecule has 25 heavy (non-hydrogen) atoms. The number of nitrogens with one attached hydrogen (secondary N) is 2. The van der Waals surface area contributed by atoms with E-state index in [2.05, 4.69) is 10.6 Å². The summed E-state index contributed by atoms with van der Waals surface area (Å²) in [5.41, 5.74) is 1.15. The number of thiophene rings is 1. The average Bonchev–Trinajstić information content (AvgIpc) is 3.06. The molecule has 0 fully saturated rings. The maximum atomic E-state index is 12.1. The molecule has 1 aromatic heterocycles. The topological polar surface area (TPSA) is 108 Å². The number of carbonyl (C=O) groups is 3. The number of nitriles is 1. The molecule has 7 nitrogen and oxygen atoms in total. The zero-order valence-electron chi connectivity index (χ0n) is 12.7. The molecule has 1 aliphatic rings. The summed E-state index contributed by atoms with van der Waals surface area (Å²) in [6.45, 7) is -0.472. The molecule has 0 atom stereocenters. The molecule has 1 aliphatic heterocycles. The van der Waals surface area contributed by atoms with Crippen LogP contribution in [0.1, 0.15) is 15.9 Å². The van der Waals surface area contributed by atoms with Gasteiger partial charge in [-0.25, -0.2) is 4.79 Å². The van der Waals surface area contributed by atoms with Crippen molar-refractivity contribution in [2.75, 3.05) is 23.0 Å². The van der Waals surface area contributed by atoms with Gasteiger partial charge in [-0.2, -0.15) is 5.26 Å². The predicted octanol–water partition coefficient (Wildman–Crippen LogP) is 2.46. The monoisotopic (exact) mass is 373 g/mol. The maximum absolute atomic E-state index is 12.1. The molecule has 9 heteroatoms. The van der Waals surface area contributed by atoms with E-state index in [0.717, 1.165) is 4.90 Å². The Morgan fingerprint density at radius 1 is 1.36 bits per heavy atom. The van der Waals surface area contributed by atoms with Crippen LogP contribution in [0.15, 0.2) is 34.5 Å². The highest BCUT2D eigenvalue weighted by Gasteiger charge is 2.18. The number of anilines is 2. The minimum atomic E-state index is -0.672. The van der Waals surface area contributed by atoms with E-state index < -0.39 is 18.5 Å². The summed E-state index contributed by atoms with van der Waals surface area (Å²) in [6, 6.07) is 8.37. The van der Waals surface area contributed by atoms with Crippen LogP contribution in [0, 0.1) is 11.3 Å². The molecule has 2 N–H and O–H groups in total. The number of amides is 2. The molecule has 0 saturated carbocycles. The van der Waals surface area contributed by atoms with Crippen LogP contribution in [0.25, 0.3) is 0 Å². The second kappa shape index (κ2) is 7.38. The Morgan fingerprint density at radius 2 is 2.20 bits per heavy atom. The minimum absolute atomic E-state index is 0.133. The van der Waals surface area contributed by atoms with E-state index in [9.17, 15) is 14.4 Å². The first kappa shape index (κ1) is 17.0. The van der Waals surface area contributed by atoms with Gasteiger partial charge in [-0.15, -0.1) is 23.1 Å². The fourth-order valence-corrected chi connectivity index (χ4v) is 3.62. The highest BCUT2D eigenvalue weighted by molar-refractivity contribution is 8.00. The van der Waals surface area contributed by atoms with E-state index in [1.807, 2.05) is 6.07 Å². The van der Waals surface area contributed by atoms with Crippen LogP contribution in [0.3, 0.4) is 0 Å². The first-order valence-corrected chi connectivity index (χ1v) is 8.94. The highest BCUT2D eigenvalue weighted by atomic mass is 32.2. The van der Waals surface area contributed by atoms with Crippen molar-refractivity contribution < 1.29 is 19.1 Å². The number of hydrogen-bond acceptors (Lipinski definition) is 7. The number of fused-ring (bicyclic) bond motifs is 1. The van der Waals surface area contributed by atoms with E-state index in [-0.39, 0.29) is 11.5 Å². The van der Waals surface area contributed by atoms with Crippen molar-refractivity contribution in [3.63, 3.8) is 0 Å². The second-order valence-electron chi connectivity index (χ2n) is 4.95. The van der Waals surface area contributed by atoms with E-state index in [1.54, 1.807) is 23.6 Å². The molecule has 1 aromatic carbocycles. The Balaban J connectivity index is 1.59. The van der Waals surface area contributed by atoms with Gasteiger partial charge in [0.1, 0.15) is 11.1 Å². The molecule has 0 spiro atoms. The molecule has 0 radical (unpaired) electrons. The zero-order valence-corrected chi connectivity index (χ0v) is 14.3. The number of hydrogen-bond donors (Lipinski definition) is 2. The molecule has 126 valence electrons. The SMILES string of the molecule is N#Cc1ccsc1NC(=O)COC(=O)c1ccc2c(c1)NC(=O)CS2. The molecular formula is C16H11N3O4S2. The molecule has 2 heterocycles. The number of ether oxygens (including phenoxy) is 1. The lowest BCUT2D eigenvalue weighted by atomic mass is 10.2. The third kappa shape index (κ3) is 3.99. The summed E-state index contributed by atoms with van der Waals surface area (Å²) >= 11 is 2.60. The summed E-state index contributed by atoms with van der Waals surface area (Å²) in [5, 5.41) is 16.2. The normalized spacial score (nSPS) is 12.5. The lowest BCUT2D eigenvalue weighted by Crippen LogP contribution is -2.21. The molecular weight excluding hydrogens is 362 g/mol. The fraction of sp³-hybridized carbons (Fsp3) is 0.125. The first-order valence-electron chi connectivity index (χ1n) is 7.08. The number of rotatable bonds is 4. The smallest absolute Gasteiger partial charge is 0.338 e. The molecule has 0 bridgehead atoms. The largest absolute Gasteiger partial charge is 0.452 e. The van der Waals surface area contributed by atoms with Crippen LogP contribution >= 0.6 is 23.1 Å². The van der Waals surface area contributed by atoms with Gasteiger partial charge >= 0.3 is 5.97 Å². The van der Waals surface area contributed by atoms with E-state index in [1.165, 1.54) is 29.2 Å². The third-order valence-corrected chi connectivity index (χ3v) is 5.12. The van der Waals surface area contributed by atoms with Crippen molar-refractivity contribution in [1.82, 2.24) is 0 Å². The van der Waals surface area contributed by atoms with Crippen LogP contribution in [-0.4, -0.2) is 30.1 Å². The maximum Gasteiger partial charge on any atom is 0.338 e. The number of benzene rings is 1. The molecule has 2 amide bonds. The third-order valence-electron chi connectivity index (χ3n) is 3.22. The summed E-state index contributed by atoms with van der Waals surface area (Å²) in [5.74, 6) is -1.00. The highest BCUT2D eigenvalue weighted by Crippen LogP contribution is 2.32. The van der Waals surface area contributed by atoms with Gasteiger partial charge in [0.05, 0.1) is 22.6 Å². The standard InChI is InChI=1S/C16H11N3O4S2/c17-6-10-3-4-24-15(10)19-13(20)7-23-16(22)9-1-2-12-11(5-9)18-14(21)8-25-12/h1-5H,7-8H2,(H,18,21)(H,19,20). The first-order chi connectivity index (χ1) is 12.1. The Labute approximate surface area is 151 Å². The van der Waals surface area contributed by atoms with Crippen LogP contribution < -0.4 is 10.6 Å². The van der Waals surface area contributed by atoms with Crippen molar-refractivity contribution in [2.45, 2.75) is 4.90 Å². The van der Waals surface area contributed by atoms with Crippen LogP contribution in [0.4, 0.5) is 10.7 Å². The van der Waals surface area contributed by atoms with Crippen molar-refractivity contribution in [3.05, 3.63) is 40.8 Å². The Kier molecular flexibility index (Phi) is 5.02. The summed E-state index contributed by atoms with van der Waals surface area (Å²) in [4.78, 5) is 36.2. The summed E-state index contributed by atoms with van der Waals surface area (Å²) in [6.07, 6.45) is 0. The lowest BCUT2D eigenvalue weighted by molar-refractivity contribution is -0.119. The Bertz CT molecular complexity index is 901. The van der Waals surface area contributed by atoms with Crippen molar-refractivity contribution >= 4 is 51.6 Å². The molecule has 0 aliphatic carbocycles. The number of nitrogens with zero attached hydrogens (tertiary/aromatic N) is 1. The number of carbonyl (C=O) groups excluding carboxylic acids is 3. The van der Waals surface area contributed by atoms with Gasteiger partial charge in [-0.1, -0.05) is 0 Å². The van der Waals surface area contributed by atoms with Gasteiger partial charge in [0.15, 0.2) is 6.61 Å². The quantitative estimate of drug-likeness (QED) is 0.797. The van der Waals surface area contributed by atoms with E-state index in [0.29, 0.717) is 22.0 Å². The van der Waals surface area contributed by atoms with Gasteiger partial charge in [0.2, 0.25) is 5.91 Å². The fourth-order valence-electron chi connectivity index (χ4n) is 2.08. The van der Waals surface area contributed by atoms with Crippen molar-refractivity contribution in [1.29, 1.82) is 5.26 Å². The van der Waals surface area contributed by atoms with Crippen molar-refractivity contribution in [2.24, 2.45) is 0 Å². The number of thioether (sulfide) groups is 1. The number of esters is 1. The van der Waals surface area contributed by atoms with Gasteiger partial charge in [-0.05, 0) is 29.6 Å². The van der Waals surface area contributed by atoms with Gasteiger partial charge in [-0.3, -0.25) is 9.59 Å². The van der Waals surface area contributed by atoms with Gasteiger partial charge in [0.25, 0.3) is 5.91 Å². The van der Waals surface area contributed by atoms with Crippen LogP contribution in [0.2, 0.25) is 0 Å². The van der Waals surface area contributed by atoms with Crippen molar-refractivity contribution in [3.8, 4) is 6.07 Å². The minimum Gasteiger partial charge on any atom is -0.452 e. The van der Waals surface area contributed by atoms with Crippen LogP contribution in [0.5, 0.6) is 0 Å². The molecule has 3 rings (SSSR count). The zero-order chi connectivity index (χ0) is 17.8. The molecule has 0 saturated heterocycles. The molecule has 0 unspecified atom stereocenters. The Hall–Kier alpha value is -2.83. The Morgan fingerprint density at radius 3 is 3.00 bits per heavy atom. The molecule has 2 aromatic rings. The van der Waals surface area contributed by atoms with E-state index >= 15 is 0 Å². The summed E-state index contributed by atoms with van der Waals surface area (Å²) in [7, 11) is 0. The summed E-state index contributed by atoms with van der Waals surface area (Å²) < 4.78 is 4.98. The van der Waals surface area contributed by atoms with Crippen LogP contribution in [-0.2, 0) is 14.3 Å². The average molecular weight is 373 g/mol. The van der Waals surface area contributed by atoms with Gasteiger partial charge < -0.3 is 15.4 Å². The van der Waals surface area contributed by atoms with E-state index in [4.69, 9.17) is 10.00 Å². The lowest BCUT2D eigenvalue weighted by Gasteiger charge is -2.16. The van der Waals surface area contributed by atoms with Gasteiger partial charge in [0, 0.05) is 4.90 Å².